The number of benzene rings is 1. The van der Waals surface area contributed by atoms with E-state index in [1.165, 1.54) is 6.92 Å². The van der Waals surface area contributed by atoms with Crippen LogP contribution < -0.4 is 5.32 Å². The minimum atomic E-state index is -1.09. The van der Waals surface area contributed by atoms with Gasteiger partial charge in [0.25, 0.3) is 5.91 Å². The summed E-state index contributed by atoms with van der Waals surface area (Å²) in [6, 6.07) is 8.44. The summed E-state index contributed by atoms with van der Waals surface area (Å²) in [5.74, 6) is -1.56. The largest absolute Gasteiger partial charge is 0.480 e. The molecule has 0 fully saturated rings. The van der Waals surface area contributed by atoms with Gasteiger partial charge in [0.15, 0.2) is 0 Å². The van der Waals surface area contributed by atoms with E-state index >= 15 is 0 Å². The highest BCUT2D eigenvalue weighted by Crippen LogP contribution is 2.16. The maximum atomic E-state index is 11.8. The molecule has 6 heteroatoms. The number of aliphatic carboxylic acids is 1. The highest BCUT2D eigenvalue weighted by molar-refractivity contribution is 6.04. The molecule has 1 amide bonds. The molecule has 1 aromatic rings. The van der Waals surface area contributed by atoms with Gasteiger partial charge in [0, 0.05) is 6.42 Å². The van der Waals surface area contributed by atoms with Crippen molar-refractivity contribution in [1.82, 2.24) is 5.32 Å². The number of rotatable bonds is 4. The van der Waals surface area contributed by atoms with Crippen LogP contribution in [0.2, 0.25) is 0 Å². The number of hydrogen-bond acceptors (Lipinski definition) is 4. The summed E-state index contributed by atoms with van der Waals surface area (Å²) in [6.07, 6.45) is -0.431. The lowest BCUT2D eigenvalue weighted by atomic mass is 10.0. The van der Waals surface area contributed by atoms with Crippen molar-refractivity contribution < 1.29 is 19.5 Å². The second kappa shape index (κ2) is 5.51. The van der Waals surface area contributed by atoms with Gasteiger partial charge in [-0.25, -0.2) is 0 Å². The molecule has 0 radical (unpaired) electrons. The first-order valence-corrected chi connectivity index (χ1v) is 5.89. The zero-order chi connectivity index (χ0) is 13.8. The predicted octanol–water partition coefficient (Wildman–Crippen LogP) is 0.769. The monoisotopic (exact) mass is 262 g/mol. The van der Waals surface area contributed by atoms with Crippen LogP contribution in [0.3, 0.4) is 0 Å². The van der Waals surface area contributed by atoms with Crippen molar-refractivity contribution >= 4 is 17.6 Å². The van der Waals surface area contributed by atoms with E-state index in [4.69, 9.17) is 9.94 Å². The van der Waals surface area contributed by atoms with Crippen molar-refractivity contribution in [3.63, 3.8) is 0 Å². The molecule has 1 aliphatic rings. The first-order chi connectivity index (χ1) is 9.08. The van der Waals surface area contributed by atoms with E-state index in [1.807, 2.05) is 30.3 Å². The number of oxime groups is 1. The van der Waals surface area contributed by atoms with Crippen LogP contribution in [-0.4, -0.2) is 34.8 Å². The van der Waals surface area contributed by atoms with Crippen LogP contribution >= 0.6 is 0 Å². The van der Waals surface area contributed by atoms with Gasteiger partial charge in [-0.3, -0.25) is 9.59 Å². The molecule has 1 aromatic carbocycles. The van der Waals surface area contributed by atoms with Gasteiger partial charge in [0.2, 0.25) is 6.10 Å². The lowest BCUT2D eigenvalue weighted by Crippen LogP contribution is -2.43. The van der Waals surface area contributed by atoms with E-state index < -0.39 is 24.0 Å². The summed E-state index contributed by atoms with van der Waals surface area (Å²) < 4.78 is 0. The Hall–Kier alpha value is -2.37. The van der Waals surface area contributed by atoms with Gasteiger partial charge in [0.05, 0.1) is 5.71 Å². The number of carbonyl (C=O) groups is 2. The molecule has 19 heavy (non-hydrogen) atoms. The molecular formula is C13H14N2O4. The van der Waals surface area contributed by atoms with E-state index in [1.54, 1.807) is 0 Å². The fourth-order valence-electron chi connectivity index (χ4n) is 1.69. The molecule has 2 atom stereocenters. The Balaban J connectivity index is 1.94. The van der Waals surface area contributed by atoms with Gasteiger partial charge in [-0.15, -0.1) is 0 Å². The Morgan fingerprint density at radius 1 is 1.42 bits per heavy atom. The lowest BCUT2D eigenvalue weighted by Gasteiger charge is -2.12. The summed E-state index contributed by atoms with van der Waals surface area (Å²) in [7, 11) is 0. The smallest absolute Gasteiger partial charge is 0.325 e. The Morgan fingerprint density at radius 2 is 2.11 bits per heavy atom. The van der Waals surface area contributed by atoms with Crippen LogP contribution in [0.25, 0.3) is 0 Å². The van der Waals surface area contributed by atoms with Crippen LogP contribution in [0.4, 0.5) is 0 Å². The van der Waals surface area contributed by atoms with Crippen LogP contribution in [0.5, 0.6) is 0 Å². The highest BCUT2D eigenvalue weighted by Gasteiger charge is 2.30. The van der Waals surface area contributed by atoms with Crippen molar-refractivity contribution in [3.05, 3.63) is 35.9 Å². The fraction of sp³-hybridized carbons (Fsp3) is 0.308. The van der Waals surface area contributed by atoms with Gasteiger partial charge >= 0.3 is 5.97 Å². The third kappa shape index (κ3) is 3.09. The number of carboxylic acid groups (broad SMARTS) is 1. The van der Waals surface area contributed by atoms with Crippen molar-refractivity contribution in [2.45, 2.75) is 25.5 Å². The summed E-state index contributed by atoms with van der Waals surface area (Å²) in [4.78, 5) is 27.5. The standard InChI is InChI=1S/C13H14N2O4/c1-8(13(17)18)14-12(16)11-7-10(15-19-11)9-5-3-2-4-6-9/h2-6,8,11H,7H2,1H3,(H,14,16)(H,17,18). The summed E-state index contributed by atoms with van der Waals surface area (Å²) in [6.45, 7) is 1.40. The summed E-state index contributed by atoms with van der Waals surface area (Å²) in [5.41, 5.74) is 1.58. The van der Waals surface area contributed by atoms with E-state index in [-0.39, 0.29) is 0 Å². The minimum absolute atomic E-state index is 0.336. The molecule has 0 saturated heterocycles. The molecule has 1 aliphatic heterocycles. The zero-order valence-corrected chi connectivity index (χ0v) is 10.4. The average molecular weight is 262 g/mol. The second-order valence-corrected chi connectivity index (χ2v) is 4.27. The second-order valence-electron chi connectivity index (χ2n) is 4.27. The molecule has 2 N–H and O–H groups in total. The van der Waals surface area contributed by atoms with Gasteiger partial charge in [0.1, 0.15) is 6.04 Å². The normalized spacial score (nSPS) is 19.2. The quantitative estimate of drug-likeness (QED) is 0.838. The molecule has 0 bridgehead atoms. The van der Waals surface area contributed by atoms with Crippen molar-refractivity contribution in [2.24, 2.45) is 5.16 Å². The molecule has 0 spiro atoms. The van der Waals surface area contributed by atoms with Crippen LogP contribution in [0.1, 0.15) is 18.9 Å². The van der Waals surface area contributed by atoms with E-state index in [9.17, 15) is 9.59 Å². The van der Waals surface area contributed by atoms with Crippen molar-refractivity contribution in [1.29, 1.82) is 0 Å². The number of nitrogens with one attached hydrogen (secondary N) is 1. The molecule has 2 unspecified atom stereocenters. The average Bonchev–Trinajstić information content (AvgIpc) is 2.89. The van der Waals surface area contributed by atoms with E-state index in [0.717, 1.165) is 5.56 Å². The van der Waals surface area contributed by atoms with Gasteiger partial charge < -0.3 is 15.3 Å². The Morgan fingerprint density at radius 3 is 2.74 bits per heavy atom. The van der Waals surface area contributed by atoms with Crippen LogP contribution in [-0.2, 0) is 14.4 Å². The molecule has 100 valence electrons. The third-order valence-electron chi connectivity index (χ3n) is 2.80. The topological polar surface area (TPSA) is 88.0 Å². The summed E-state index contributed by atoms with van der Waals surface area (Å²) in [5, 5.41) is 14.9. The Bertz CT molecular complexity index is 513. The van der Waals surface area contributed by atoms with Crippen molar-refractivity contribution in [2.75, 3.05) is 0 Å². The fourth-order valence-corrected chi connectivity index (χ4v) is 1.69. The molecule has 1 heterocycles. The third-order valence-corrected chi connectivity index (χ3v) is 2.80. The van der Waals surface area contributed by atoms with Gasteiger partial charge in [-0.1, -0.05) is 35.5 Å². The SMILES string of the molecule is CC(NC(=O)C1CC(c2ccccc2)=NO1)C(=O)O. The first-order valence-electron chi connectivity index (χ1n) is 5.89. The lowest BCUT2D eigenvalue weighted by molar-refractivity contribution is -0.143. The van der Waals surface area contributed by atoms with Crippen molar-refractivity contribution in [3.8, 4) is 0 Å². The maximum absolute atomic E-state index is 11.8. The Labute approximate surface area is 110 Å². The zero-order valence-electron chi connectivity index (χ0n) is 10.4. The molecular weight excluding hydrogens is 248 g/mol. The number of nitrogens with zero attached hydrogens (tertiary/aromatic N) is 1. The molecule has 0 saturated carbocycles. The van der Waals surface area contributed by atoms with Crippen LogP contribution in [0.15, 0.2) is 35.5 Å². The number of carbonyl (C=O) groups excluding carboxylic acids is 1. The highest BCUT2D eigenvalue weighted by atomic mass is 16.6. The van der Waals surface area contributed by atoms with E-state index in [2.05, 4.69) is 10.5 Å². The molecule has 6 nitrogen and oxygen atoms in total. The first kappa shape index (κ1) is 13.1. The van der Waals surface area contributed by atoms with Crippen LogP contribution in [0, 0.1) is 0 Å². The number of hydrogen-bond donors (Lipinski definition) is 2. The maximum Gasteiger partial charge on any atom is 0.325 e. The van der Waals surface area contributed by atoms with Gasteiger partial charge in [-0.2, -0.15) is 0 Å². The number of carboxylic acids is 1. The minimum Gasteiger partial charge on any atom is -0.480 e. The van der Waals surface area contributed by atoms with E-state index in [0.29, 0.717) is 12.1 Å². The van der Waals surface area contributed by atoms with Gasteiger partial charge in [-0.05, 0) is 12.5 Å². The molecule has 2 rings (SSSR count). The molecule has 0 aliphatic carbocycles. The predicted molar refractivity (Wildman–Crippen MR) is 67.7 cm³/mol. The number of amides is 1. The molecule has 0 aromatic heterocycles. The Kier molecular flexibility index (Phi) is 3.79. The summed E-state index contributed by atoms with van der Waals surface area (Å²) >= 11 is 0.